The molecule has 1 aromatic rings. The maximum Gasteiger partial charge on any atom is 0.244 e. The number of hydrogen-bond donors (Lipinski definition) is 2. The fourth-order valence-electron chi connectivity index (χ4n) is 2.48. The Labute approximate surface area is 122 Å². The Hall–Kier alpha value is -1.10. The lowest BCUT2D eigenvalue weighted by atomic mass is 9.80. The summed E-state index contributed by atoms with van der Waals surface area (Å²) in [5.74, 6) is 2.46. The van der Waals surface area contributed by atoms with Crippen molar-refractivity contribution in [2.24, 2.45) is 11.3 Å². The first kappa shape index (κ1) is 15.3. The quantitative estimate of drug-likeness (QED) is 0.887. The molecule has 1 aliphatic heterocycles. The van der Waals surface area contributed by atoms with Crippen LogP contribution >= 0.6 is 0 Å². The van der Waals surface area contributed by atoms with Gasteiger partial charge in [-0.25, -0.2) is 0 Å². The van der Waals surface area contributed by atoms with Crippen LogP contribution in [0.4, 0.5) is 5.95 Å². The molecular formula is C15H29N5. The SMILES string of the molecule is CNC1CCN(c2n[nH]c(CC(C)C(C)(C)C)n2)CC1. The molecule has 114 valence electrons. The zero-order chi connectivity index (χ0) is 14.8. The van der Waals surface area contributed by atoms with Gasteiger partial charge in [0.25, 0.3) is 0 Å². The number of rotatable bonds is 4. The van der Waals surface area contributed by atoms with Crippen LogP contribution in [0.1, 0.15) is 46.4 Å². The molecule has 2 rings (SSSR count). The van der Waals surface area contributed by atoms with E-state index in [9.17, 15) is 0 Å². The summed E-state index contributed by atoms with van der Waals surface area (Å²) in [6.07, 6.45) is 3.29. The predicted octanol–water partition coefficient (Wildman–Crippen LogP) is 2.22. The van der Waals surface area contributed by atoms with Crippen LogP contribution < -0.4 is 10.2 Å². The van der Waals surface area contributed by atoms with Crippen LogP contribution in [0.25, 0.3) is 0 Å². The minimum absolute atomic E-state index is 0.304. The zero-order valence-electron chi connectivity index (χ0n) is 13.5. The molecule has 1 saturated heterocycles. The lowest BCUT2D eigenvalue weighted by molar-refractivity contribution is 0.257. The topological polar surface area (TPSA) is 56.8 Å². The van der Waals surface area contributed by atoms with Crippen molar-refractivity contribution in [2.45, 2.75) is 53.0 Å². The van der Waals surface area contributed by atoms with E-state index in [4.69, 9.17) is 0 Å². The van der Waals surface area contributed by atoms with E-state index in [1.54, 1.807) is 0 Å². The molecule has 2 heterocycles. The van der Waals surface area contributed by atoms with E-state index < -0.39 is 0 Å². The van der Waals surface area contributed by atoms with Crippen LogP contribution in [0.15, 0.2) is 0 Å². The zero-order valence-corrected chi connectivity index (χ0v) is 13.5. The first-order valence-electron chi connectivity index (χ1n) is 7.73. The molecule has 5 nitrogen and oxygen atoms in total. The number of piperidine rings is 1. The van der Waals surface area contributed by atoms with Crippen molar-refractivity contribution in [1.82, 2.24) is 20.5 Å². The monoisotopic (exact) mass is 279 g/mol. The Morgan fingerprint density at radius 3 is 2.55 bits per heavy atom. The largest absolute Gasteiger partial charge is 0.339 e. The molecule has 0 radical (unpaired) electrons. The van der Waals surface area contributed by atoms with Gasteiger partial charge < -0.3 is 10.2 Å². The molecule has 2 N–H and O–H groups in total. The molecular weight excluding hydrogens is 250 g/mol. The van der Waals surface area contributed by atoms with Gasteiger partial charge in [0.2, 0.25) is 5.95 Å². The molecule has 20 heavy (non-hydrogen) atoms. The van der Waals surface area contributed by atoms with Crippen LogP contribution in [0.5, 0.6) is 0 Å². The van der Waals surface area contributed by atoms with E-state index in [-0.39, 0.29) is 0 Å². The molecule has 1 atom stereocenters. The Morgan fingerprint density at radius 2 is 2.00 bits per heavy atom. The predicted molar refractivity (Wildman–Crippen MR) is 83.0 cm³/mol. The fraction of sp³-hybridized carbons (Fsp3) is 0.867. The minimum Gasteiger partial charge on any atom is -0.339 e. The number of nitrogens with zero attached hydrogens (tertiary/aromatic N) is 3. The Kier molecular flexibility index (Phi) is 4.68. The second-order valence-corrected chi connectivity index (χ2v) is 7.10. The summed E-state index contributed by atoms with van der Waals surface area (Å²) in [5.41, 5.74) is 0.304. The second-order valence-electron chi connectivity index (χ2n) is 7.10. The Bertz CT molecular complexity index is 412. The van der Waals surface area contributed by atoms with E-state index in [1.165, 1.54) is 12.8 Å². The molecule has 0 amide bonds. The molecule has 1 aliphatic rings. The third-order valence-corrected chi connectivity index (χ3v) is 4.68. The highest BCUT2D eigenvalue weighted by molar-refractivity contribution is 5.29. The van der Waals surface area contributed by atoms with Gasteiger partial charge in [-0.1, -0.05) is 27.7 Å². The van der Waals surface area contributed by atoms with Gasteiger partial charge in [-0.3, -0.25) is 5.10 Å². The molecule has 1 unspecified atom stereocenters. The van der Waals surface area contributed by atoms with Crippen molar-refractivity contribution in [1.29, 1.82) is 0 Å². The standard InChI is InChI=1S/C15H29N5/c1-11(15(2,3)4)10-13-17-14(19-18-13)20-8-6-12(16-5)7-9-20/h11-12,16H,6-10H2,1-5H3,(H,17,18,19). The molecule has 5 heteroatoms. The molecule has 0 aromatic carbocycles. The van der Waals surface area contributed by atoms with Crippen LogP contribution in [-0.4, -0.2) is 41.4 Å². The summed E-state index contributed by atoms with van der Waals surface area (Å²) in [4.78, 5) is 6.96. The van der Waals surface area contributed by atoms with Crippen LogP contribution in [0, 0.1) is 11.3 Å². The number of anilines is 1. The van der Waals surface area contributed by atoms with Crippen molar-refractivity contribution in [2.75, 3.05) is 25.0 Å². The molecule has 1 aromatic heterocycles. The normalized spacial score (nSPS) is 19.4. The summed E-state index contributed by atoms with van der Waals surface area (Å²) in [5, 5.41) is 10.9. The third kappa shape index (κ3) is 3.72. The van der Waals surface area contributed by atoms with Crippen LogP contribution in [0.3, 0.4) is 0 Å². The van der Waals surface area contributed by atoms with Crippen LogP contribution in [0.2, 0.25) is 0 Å². The van der Waals surface area contributed by atoms with E-state index in [1.807, 2.05) is 7.05 Å². The number of aromatic nitrogens is 3. The highest BCUT2D eigenvalue weighted by Crippen LogP contribution is 2.28. The highest BCUT2D eigenvalue weighted by Gasteiger charge is 2.24. The first-order valence-corrected chi connectivity index (χ1v) is 7.73. The first-order chi connectivity index (χ1) is 9.40. The van der Waals surface area contributed by atoms with Gasteiger partial charge in [0.05, 0.1) is 0 Å². The number of nitrogens with one attached hydrogen (secondary N) is 2. The maximum absolute atomic E-state index is 4.68. The van der Waals surface area contributed by atoms with Gasteiger partial charge in [0.1, 0.15) is 5.82 Å². The molecule has 0 aliphatic carbocycles. The van der Waals surface area contributed by atoms with Crippen LogP contribution in [-0.2, 0) is 6.42 Å². The lowest BCUT2D eigenvalue weighted by Crippen LogP contribution is -2.41. The second kappa shape index (κ2) is 6.12. The molecule has 0 spiro atoms. The third-order valence-electron chi connectivity index (χ3n) is 4.68. The lowest BCUT2D eigenvalue weighted by Gasteiger charge is -2.30. The minimum atomic E-state index is 0.304. The summed E-state index contributed by atoms with van der Waals surface area (Å²) in [6, 6.07) is 0.644. The van der Waals surface area contributed by atoms with Crippen molar-refractivity contribution in [3.8, 4) is 0 Å². The van der Waals surface area contributed by atoms with Crippen molar-refractivity contribution in [3.63, 3.8) is 0 Å². The summed E-state index contributed by atoms with van der Waals surface area (Å²) < 4.78 is 0. The molecule has 0 bridgehead atoms. The Morgan fingerprint density at radius 1 is 1.35 bits per heavy atom. The van der Waals surface area contributed by atoms with Crippen molar-refractivity contribution >= 4 is 5.95 Å². The number of aromatic amines is 1. The fourth-order valence-corrected chi connectivity index (χ4v) is 2.48. The number of H-pyrrole nitrogens is 1. The van der Waals surface area contributed by atoms with Gasteiger partial charge in [-0.2, -0.15) is 4.98 Å². The molecule has 1 fully saturated rings. The summed E-state index contributed by atoms with van der Waals surface area (Å²) in [7, 11) is 2.04. The van der Waals surface area contributed by atoms with Crippen molar-refractivity contribution in [3.05, 3.63) is 5.82 Å². The van der Waals surface area contributed by atoms with E-state index in [2.05, 4.69) is 53.1 Å². The Balaban J connectivity index is 1.93. The van der Waals surface area contributed by atoms with Gasteiger partial charge >= 0.3 is 0 Å². The van der Waals surface area contributed by atoms with Gasteiger partial charge in [-0.15, -0.1) is 5.10 Å². The van der Waals surface area contributed by atoms with E-state index in [0.29, 0.717) is 17.4 Å². The smallest absolute Gasteiger partial charge is 0.244 e. The molecule has 0 saturated carbocycles. The average Bonchev–Trinajstić information content (AvgIpc) is 2.86. The van der Waals surface area contributed by atoms with Gasteiger partial charge in [0.15, 0.2) is 0 Å². The summed E-state index contributed by atoms with van der Waals surface area (Å²) >= 11 is 0. The average molecular weight is 279 g/mol. The van der Waals surface area contributed by atoms with Gasteiger partial charge in [0, 0.05) is 25.6 Å². The summed E-state index contributed by atoms with van der Waals surface area (Å²) in [6.45, 7) is 11.2. The number of hydrogen-bond acceptors (Lipinski definition) is 4. The van der Waals surface area contributed by atoms with Crippen molar-refractivity contribution < 1.29 is 0 Å². The maximum atomic E-state index is 4.68. The van der Waals surface area contributed by atoms with E-state index >= 15 is 0 Å². The van der Waals surface area contributed by atoms with E-state index in [0.717, 1.165) is 31.3 Å². The highest BCUT2D eigenvalue weighted by atomic mass is 15.4. The van der Waals surface area contributed by atoms with Gasteiger partial charge in [-0.05, 0) is 31.2 Å².